The van der Waals surface area contributed by atoms with Crippen LogP contribution in [0.15, 0.2) is 48.0 Å². The molecule has 34 heavy (non-hydrogen) atoms. The number of rotatable bonds is 8. The Morgan fingerprint density at radius 2 is 1.68 bits per heavy atom. The minimum atomic E-state index is -0.754. The molecule has 0 saturated carbocycles. The summed E-state index contributed by atoms with van der Waals surface area (Å²) in [7, 11) is 3.07. The molecule has 0 aliphatic carbocycles. The van der Waals surface area contributed by atoms with E-state index in [4.69, 9.17) is 9.47 Å². The van der Waals surface area contributed by atoms with Crippen molar-refractivity contribution >= 4 is 17.4 Å². The lowest BCUT2D eigenvalue weighted by molar-refractivity contribution is -0.139. The molecule has 1 fully saturated rings. The average Bonchev–Trinajstić information content (AvgIpc) is 3.07. The molecular weight excluding hydrogens is 430 g/mol. The van der Waals surface area contributed by atoms with E-state index >= 15 is 0 Å². The Labute approximate surface area is 202 Å². The topological polar surface area (TPSA) is 76.1 Å². The number of unbranched alkanes of at least 4 members (excludes halogenated alkanes) is 2. The molecule has 0 bridgehead atoms. The standard InChI is InChI=1S/C28H35NO5/c1-7-8-11-16-29-24(19-12-9-10-13-21(19)33-5)23(26(31)27(29)32)25(30)20-17-18(28(2,3)4)14-15-22(20)34-6/h9-10,12-15,17,24,30H,7-8,11,16H2,1-6H3/b25-23+. The fourth-order valence-electron chi connectivity index (χ4n) is 4.36. The van der Waals surface area contributed by atoms with E-state index in [0.29, 0.717) is 29.2 Å². The summed E-state index contributed by atoms with van der Waals surface area (Å²) in [5, 5.41) is 11.6. The van der Waals surface area contributed by atoms with E-state index in [0.717, 1.165) is 24.8 Å². The molecule has 1 saturated heterocycles. The summed E-state index contributed by atoms with van der Waals surface area (Å²) < 4.78 is 11.1. The maximum Gasteiger partial charge on any atom is 0.295 e. The highest BCUT2D eigenvalue weighted by Gasteiger charge is 2.47. The summed E-state index contributed by atoms with van der Waals surface area (Å²) in [6.07, 6.45) is 2.68. The minimum Gasteiger partial charge on any atom is -0.507 e. The van der Waals surface area contributed by atoms with Gasteiger partial charge in [0.25, 0.3) is 11.7 Å². The first kappa shape index (κ1) is 25.3. The van der Waals surface area contributed by atoms with Crippen molar-refractivity contribution in [3.05, 3.63) is 64.7 Å². The fourth-order valence-corrected chi connectivity index (χ4v) is 4.36. The zero-order valence-electron chi connectivity index (χ0n) is 21.0. The average molecular weight is 466 g/mol. The van der Waals surface area contributed by atoms with Crippen LogP contribution in [0.4, 0.5) is 0 Å². The number of carbonyl (C=O) groups excluding carboxylic acids is 2. The van der Waals surface area contributed by atoms with E-state index in [2.05, 4.69) is 27.7 Å². The molecule has 2 aromatic carbocycles. The van der Waals surface area contributed by atoms with Crippen LogP contribution >= 0.6 is 0 Å². The second-order valence-electron chi connectivity index (χ2n) is 9.61. The van der Waals surface area contributed by atoms with Crippen LogP contribution in [0.5, 0.6) is 11.5 Å². The van der Waals surface area contributed by atoms with Crippen molar-refractivity contribution in [3.8, 4) is 11.5 Å². The highest BCUT2D eigenvalue weighted by atomic mass is 16.5. The molecule has 1 atom stereocenters. The predicted molar refractivity (Wildman–Crippen MR) is 133 cm³/mol. The first-order chi connectivity index (χ1) is 16.1. The summed E-state index contributed by atoms with van der Waals surface area (Å²) in [5.41, 5.74) is 1.89. The third-order valence-corrected chi connectivity index (χ3v) is 6.30. The van der Waals surface area contributed by atoms with Crippen molar-refractivity contribution < 1.29 is 24.2 Å². The quantitative estimate of drug-likeness (QED) is 0.237. The largest absolute Gasteiger partial charge is 0.507 e. The fraction of sp³-hybridized carbons (Fsp3) is 0.429. The Bertz CT molecular complexity index is 1100. The highest BCUT2D eigenvalue weighted by Crippen LogP contribution is 2.44. The van der Waals surface area contributed by atoms with Crippen molar-refractivity contribution in [2.75, 3.05) is 20.8 Å². The van der Waals surface area contributed by atoms with E-state index in [1.807, 2.05) is 30.3 Å². The number of hydrogen-bond acceptors (Lipinski definition) is 5. The van der Waals surface area contributed by atoms with Crippen LogP contribution in [0.1, 0.15) is 69.7 Å². The van der Waals surface area contributed by atoms with Gasteiger partial charge in [-0.3, -0.25) is 9.59 Å². The highest BCUT2D eigenvalue weighted by molar-refractivity contribution is 6.46. The summed E-state index contributed by atoms with van der Waals surface area (Å²) in [6.45, 7) is 8.71. The lowest BCUT2D eigenvalue weighted by Gasteiger charge is -2.27. The molecule has 6 nitrogen and oxygen atoms in total. The number of hydrogen-bond donors (Lipinski definition) is 1. The number of benzene rings is 2. The summed E-state index contributed by atoms with van der Waals surface area (Å²) in [5.74, 6) is -0.569. The van der Waals surface area contributed by atoms with Crippen LogP contribution in [0.25, 0.3) is 5.76 Å². The lowest BCUT2D eigenvalue weighted by Crippen LogP contribution is -2.30. The molecule has 182 valence electrons. The van der Waals surface area contributed by atoms with Gasteiger partial charge in [-0.1, -0.05) is 64.8 Å². The lowest BCUT2D eigenvalue weighted by atomic mass is 9.85. The van der Waals surface area contributed by atoms with Gasteiger partial charge in [0.1, 0.15) is 17.3 Å². The van der Waals surface area contributed by atoms with Gasteiger partial charge in [-0.05, 0) is 35.6 Å². The number of ether oxygens (including phenoxy) is 2. The Balaban J connectivity index is 2.26. The Hall–Kier alpha value is -3.28. The molecule has 6 heteroatoms. The zero-order chi connectivity index (χ0) is 25.0. The van der Waals surface area contributed by atoms with Gasteiger partial charge < -0.3 is 19.5 Å². The molecule has 1 amide bonds. The molecular formula is C28H35NO5. The second kappa shape index (κ2) is 10.3. The van der Waals surface area contributed by atoms with E-state index in [9.17, 15) is 14.7 Å². The van der Waals surface area contributed by atoms with Crippen LogP contribution in [-0.2, 0) is 15.0 Å². The van der Waals surface area contributed by atoms with Crippen LogP contribution in [0, 0.1) is 0 Å². The van der Waals surface area contributed by atoms with E-state index < -0.39 is 17.7 Å². The number of Topliss-reactive ketones (excluding diaryl/α,β-unsaturated/α-hetero) is 1. The van der Waals surface area contributed by atoms with Gasteiger partial charge in [0.15, 0.2) is 0 Å². The van der Waals surface area contributed by atoms with E-state index in [-0.39, 0.29) is 16.7 Å². The maximum absolute atomic E-state index is 13.3. The SMILES string of the molecule is CCCCCN1C(=O)C(=O)/C(=C(/O)c2cc(C(C)(C)C)ccc2OC)C1c1ccccc1OC. The number of ketones is 1. The van der Waals surface area contributed by atoms with Gasteiger partial charge in [-0.25, -0.2) is 0 Å². The molecule has 2 aromatic rings. The number of amides is 1. The molecule has 0 aromatic heterocycles. The first-order valence-corrected chi connectivity index (χ1v) is 11.8. The van der Waals surface area contributed by atoms with Gasteiger partial charge in [-0.15, -0.1) is 0 Å². The molecule has 1 heterocycles. The van der Waals surface area contributed by atoms with Crippen molar-refractivity contribution in [2.45, 2.75) is 58.4 Å². The monoisotopic (exact) mass is 465 g/mol. The van der Waals surface area contributed by atoms with E-state index in [1.165, 1.54) is 7.11 Å². The number of aliphatic hydroxyl groups excluding tert-OH is 1. The van der Waals surface area contributed by atoms with Gasteiger partial charge in [0, 0.05) is 12.1 Å². The molecule has 3 rings (SSSR count). The second-order valence-corrected chi connectivity index (χ2v) is 9.61. The number of carbonyl (C=O) groups is 2. The number of likely N-dealkylation sites (tertiary alicyclic amines) is 1. The van der Waals surface area contributed by atoms with Gasteiger partial charge >= 0.3 is 0 Å². The van der Waals surface area contributed by atoms with Crippen LogP contribution in [-0.4, -0.2) is 42.5 Å². The van der Waals surface area contributed by atoms with Crippen LogP contribution in [0.3, 0.4) is 0 Å². The van der Waals surface area contributed by atoms with Crippen molar-refractivity contribution in [1.82, 2.24) is 4.90 Å². The molecule has 1 aliphatic heterocycles. The minimum absolute atomic E-state index is 0.0513. The Morgan fingerprint density at radius 3 is 2.29 bits per heavy atom. The molecule has 0 radical (unpaired) electrons. The number of methoxy groups -OCH3 is 2. The van der Waals surface area contributed by atoms with Crippen molar-refractivity contribution in [2.24, 2.45) is 0 Å². The molecule has 0 spiro atoms. The summed E-state index contributed by atoms with van der Waals surface area (Å²) >= 11 is 0. The van der Waals surface area contributed by atoms with Crippen LogP contribution in [0.2, 0.25) is 0 Å². The zero-order valence-corrected chi connectivity index (χ0v) is 21.0. The van der Waals surface area contributed by atoms with Crippen molar-refractivity contribution in [3.63, 3.8) is 0 Å². The molecule has 1 aliphatic rings. The van der Waals surface area contributed by atoms with Gasteiger partial charge in [0.05, 0.1) is 31.4 Å². The Kier molecular flexibility index (Phi) is 7.70. The smallest absolute Gasteiger partial charge is 0.295 e. The molecule has 1 N–H and O–H groups in total. The summed E-state index contributed by atoms with van der Waals surface area (Å²) in [4.78, 5) is 28.1. The van der Waals surface area contributed by atoms with Gasteiger partial charge in [0.2, 0.25) is 0 Å². The predicted octanol–water partition coefficient (Wildman–Crippen LogP) is 5.61. The number of aliphatic hydroxyl groups is 1. The van der Waals surface area contributed by atoms with E-state index in [1.54, 1.807) is 24.1 Å². The molecule has 1 unspecified atom stereocenters. The van der Waals surface area contributed by atoms with Gasteiger partial charge in [-0.2, -0.15) is 0 Å². The first-order valence-electron chi connectivity index (χ1n) is 11.8. The third-order valence-electron chi connectivity index (χ3n) is 6.30. The normalized spacial score (nSPS) is 17.8. The summed E-state index contributed by atoms with van der Waals surface area (Å²) in [6, 6.07) is 12.1. The van der Waals surface area contributed by atoms with Crippen molar-refractivity contribution in [1.29, 1.82) is 0 Å². The van der Waals surface area contributed by atoms with Crippen LogP contribution < -0.4 is 9.47 Å². The number of nitrogens with zero attached hydrogens (tertiary/aromatic N) is 1. The maximum atomic E-state index is 13.3. The Morgan fingerprint density at radius 1 is 1.00 bits per heavy atom. The third kappa shape index (κ3) is 4.81. The number of para-hydroxylation sites is 1.